The predicted molar refractivity (Wildman–Crippen MR) is 78.3 cm³/mol. The van der Waals surface area contributed by atoms with Gasteiger partial charge < -0.3 is 9.47 Å². The van der Waals surface area contributed by atoms with Crippen LogP contribution >= 0.6 is 0 Å². The normalized spacial score (nSPS) is 16.3. The van der Waals surface area contributed by atoms with Gasteiger partial charge in [-0.15, -0.1) is 0 Å². The molecule has 1 aromatic carbocycles. The number of rotatable bonds is 5. The first-order valence-electron chi connectivity index (χ1n) is 6.45. The minimum absolute atomic E-state index is 0.518. The van der Waals surface area contributed by atoms with Crippen molar-refractivity contribution in [2.75, 3.05) is 13.7 Å². The van der Waals surface area contributed by atoms with Crippen LogP contribution in [0.5, 0.6) is 5.75 Å². The molecule has 0 aliphatic heterocycles. The topological polar surface area (TPSA) is 18.5 Å². The second-order valence-corrected chi connectivity index (χ2v) is 4.78. The molecule has 0 spiro atoms. The van der Waals surface area contributed by atoms with Crippen molar-refractivity contribution >= 4 is 0 Å². The fraction of sp³-hybridized carbons (Fsp3) is 0.294. The van der Waals surface area contributed by atoms with E-state index in [4.69, 9.17) is 9.47 Å². The van der Waals surface area contributed by atoms with Crippen LogP contribution in [-0.2, 0) is 10.3 Å². The lowest BCUT2D eigenvalue weighted by atomic mass is 9.89. The molecule has 2 heteroatoms. The van der Waals surface area contributed by atoms with Gasteiger partial charge in [-0.2, -0.15) is 0 Å². The second kappa shape index (κ2) is 5.89. The first-order valence-corrected chi connectivity index (χ1v) is 6.45. The Morgan fingerprint density at radius 1 is 1.26 bits per heavy atom. The second-order valence-electron chi connectivity index (χ2n) is 4.78. The highest BCUT2D eigenvalue weighted by molar-refractivity contribution is 5.45. The average molecular weight is 256 g/mol. The molecule has 100 valence electrons. The highest BCUT2D eigenvalue weighted by atomic mass is 16.5. The maximum atomic E-state index is 5.83. The molecule has 0 bridgehead atoms. The summed E-state index contributed by atoms with van der Waals surface area (Å²) < 4.78 is 11.6. The monoisotopic (exact) mass is 256 g/mol. The van der Waals surface area contributed by atoms with Gasteiger partial charge in [-0.1, -0.05) is 36.9 Å². The van der Waals surface area contributed by atoms with Gasteiger partial charge >= 0.3 is 0 Å². The van der Waals surface area contributed by atoms with Crippen molar-refractivity contribution in [1.29, 1.82) is 0 Å². The van der Waals surface area contributed by atoms with Gasteiger partial charge in [0.1, 0.15) is 18.0 Å². The standard InChI is InChI=1S/C17H20O2/c1-14(2)13-19-16-10-6-5-9-15(16)17(18-3)11-7-4-8-12-17/h5-12H,1,4,13H2,2-3H3. The van der Waals surface area contributed by atoms with Crippen LogP contribution in [0.15, 0.2) is 60.7 Å². The zero-order chi connectivity index (χ0) is 13.7. The van der Waals surface area contributed by atoms with Crippen LogP contribution in [-0.4, -0.2) is 13.7 Å². The molecule has 0 atom stereocenters. The summed E-state index contributed by atoms with van der Waals surface area (Å²) in [6.07, 6.45) is 9.32. The Hall–Kier alpha value is -1.80. The lowest BCUT2D eigenvalue weighted by molar-refractivity contribution is 0.0683. The third kappa shape index (κ3) is 2.96. The minimum atomic E-state index is -0.524. The quantitative estimate of drug-likeness (QED) is 0.741. The van der Waals surface area contributed by atoms with Crippen molar-refractivity contribution in [2.45, 2.75) is 18.9 Å². The first kappa shape index (κ1) is 13.6. The molecule has 0 fully saturated rings. The molecular weight excluding hydrogens is 236 g/mol. The largest absolute Gasteiger partial charge is 0.489 e. The first-order chi connectivity index (χ1) is 9.18. The smallest absolute Gasteiger partial charge is 0.133 e. The Kier molecular flexibility index (Phi) is 4.23. The molecule has 19 heavy (non-hydrogen) atoms. The third-order valence-electron chi connectivity index (χ3n) is 3.12. The van der Waals surface area contributed by atoms with Crippen LogP contribution < -0.4 is 4.74 Å². The average Bonchev–Trinajstić information content (AvgIpc) is 2.46. The molecule has 0 radical (unpaired) electrons. The van der Waals surface area contributed by atoms with Gasteiger partial charge in [-0.05, 0) is 37.1 Å². The molecule has 1 aliphatic rings. The third-order valence-corrected chi connectivity index (χ3v) is 3.12. The minimum Gasteiger partial charge on any atom is -0.489 e. The zero-order valence-electron chi connectivity index (χ0n) is 11.6. The summed E-state index contributed by atoms with van der Waals surface area (Å²) in [4.78, 5) is 0. The van der Waals surface area contributed by atoms with Crippen molar-refractivity contribution in [2.24, 2.45) is 0 Å². The van der Waals surface area contributed by atoms with E-state index in [-0.39, 0.29) is 0 Å². The van der Waals surface area contributed by atoms with E-state index in [0.717, 1.165) is 23.3 Å². The molecule has 2 nitrogen and oxygen atoms in total. The number of hydrogen-bond donors (Lipinski definition) is 0. The van der Waals surface area contributed by atoms with Crippen molar-refractivity contribution in [3.8, 4) is 5.75 Å². The van der Waals surface area contributed by atoms with E-state index >= 15 is 0 Å². The van der Waals surface area contributed by atoms with Gasteiger partial charge in [0.15, 0.2) is 0 Å². The zero-order valence-corrected chi connectivity index (χ0v) is 11.6. The van der Waals surface area contributed by atoms with Gasteiger partial charge in [0.2, 0.25) is 0 Å². The summed E-state index contributed by atoms with van der Waals surface area (Å²) in [5, 5.41) is 0. The van der Waals surface area contributed by atoms with Crippen LogP contribution in [0, 0.1) is 0 Å². The molecule has 0 N–H and O–H groups in total. The molecule has 0 saturated heterocycles. The van der Waals surface area contributed by atoms with Crippen LogP contribution in [0.1, 0.15) is 18.9 Å². The molecule has 0 saturated carbocycles. The van der Waals surface area contributed by atoms with Crippen LogP contribution in [0.2, 0.25) is 0 Å². The fourth-order valence-corrected chi connectivity index (χ4v) is 2.16. The number of ether oxygens (including phenoxy) is 2. The summed E-state index contributed by atoms with van der Waals surface area (Å²) in [6.45, 7) is 6.34. The van der Waals surface area contributed by atoms with E-state index in [2.05, 4.69) is 30.9 Å². The molecule has 1 aromatic rings. The van der Waals surface area contributed by atoms with Gasteiger partial charge in [-0.3, -0.25) is 0 Å². The predicted octanol–water partition coefficient (Wildman–Crippen LogP) is 4.00. The number of allylic oxidation sites excluding steroid dienone is 2. The summed E-state index contributed by atoms with van der Waals surface area (Å²) in [7, 11) is 1.72. The van der Waals surface area contributed by atoms with E-state index in [1.54, 1.807) is 7.11 Å². The highest BCUT2D eigenvalue weighted by Gasteiger charge is 2.30. The van der Waals surface area contributed by atoms with Crippen LogP contribution in [0.25, 0.3) is 0 Å². The van der Waals surface area contributed by atoms with Gasteiger partial charge in [0.25, 0.3) is 0 Å². The Bertz CT molecular complexity index is 500. The molecule has 1 aliphatic carbocycles. The maximum absolute atomic E-state index is 5.83. The molecule has 2 rings (SSSR count). The molecule has 0 amide bonds. The van der Waals surface area contributed by atoms with Gasteiger partial charge in [-0.25, -0.2) is 0 Å². The maximum Gasteiger partial charge on any atom is 0.133 e. The molecule has 0 unspecified atom stereocenters. The number of benzene rings is 1. The summed E-state index contributed by atoms with van der Waals surface area (Å²) in [6, 6.07) is 7.98. The van der Waals surface area contributed by atoms with Crippen molar-refractivity contribution < 1.29 is 9.47 Å². The van der Waals surface area contributed by atoms with Gasteiger partial charge in [0.05, 0.1) is 0 Å². The Morgan fingerprint density at radius 3 is 2.58 bits per heavy atom. The van der Waals surface area contributed by atoms with E-state index in [1.807, 2.05) is 31.2 Å². The fourth-order valence-electron chi connectivity index (χ4n) is 2.16. The van der Waals surface area contributed by atoms with Crippen molar-refractivity contribution in [1.82, 2.24) is 0 Å². The van der Waals surface area contributed by atoms with Crippen LogP contribution in [0.4, 0.5) is 0 Å². The lowest BCUT2D eigenvalue weighted by Gasteiger charge is -2.30. The van der Waals surface area contributed by atoms with Gasteiger partial charge in [0, 0.05) is 12.7 Å². The van der Waals surface area contributed by atoms with E-state index in [1.165, 1.54) is 0 Å². The van der Waals surface area contributed by atoms with Crippen molar-refractivity contribution in [3.63, 3.8) is 0 Å². The van der Waals surface area contributed by atoms with Crippen molar-refractivity contribution in [3.05, 3.63) is 66.3 Å². The number of methoxy groups -OCH3 is 1. The molecule has 0 heterocycles. The van der Waals surface area contributed by atoms with Crippen LogP contribution in [0.3, 0.4) is 0 Å². The summed E-state index contributed by atoms with van der Waals surface area (Å²) in [5.41, 5.74) is 1.49. The highest BCUT2D eigenvalue weighted by Crippen LogP contribution is 2.37. The Labute approximate surface area is 115 Å². The Morgan fingerprint density at radius 2 is 1.95 bits per heavy atom. The number of hydrogen-bond acceptors (Lipinski definition) is 2. The lowest BCUT2D eigenvalue weighted by Crippen LogP contribution is -2.25. The Balaban J connectivity index is 2.37. The van der Waals surface area contributed by atoms with E-state index in [9.17, 15) is 0 Å². The summed E-state index contributed by atoms with van der Waals surface area (Å²) >= 11 is 0. The SMILES string of the molecule is C=C(C)COc1ccccc1C1(OC)C=CCC=C1. The van der Waals surface area contributed by atoms with E-state index in [0.29, 0.717) is 6.61 Å². The van der Waals surface area contributed by atoms with E-state index < -0.39 is 5.60 Å². The molecule has 0 aromatic heterocycles. The molecular formula is C17H20O2. The summed E-state index contributed by atoms with van der Waals surface area (Å²) in [5.74, 6) is 0.837. The number of para-hydroxylation sites is 1.